The molecule has 0 rings (SSSR count). The second kappa shape index (κ2) is 10.2. The summed E-state index contributed by atoms with van der Waals surface area (Å²) in [4.78, 5) is 9.34. The first-order valence-corrected chi connectivity index (χ1v) is 1.57. The molecule has 0 fully saturated rings. The van der Waals surface area contributed by atoms with Crippen LogP contribution in [0.3, 0.4) is 0 Å². The van der Waals surface area contributed by atoms with Gasteiger partial charge in [0.1, 0.15) is 0 Å². The van der Waals surface area contributed by atoms with Gasteiger partial charge in [-0.05, 0) is 0 Å². The summed E-state index contributed by atoms with van der Waals surface area (Å²) in [6.45, 7) is 0. The van der Waals surface area contributed by atoms with Crippen molar-refractivity contribution in [2.75, 3.05) is 14.1 Å². The Morgan fingerprint density at radius 2 is 1.88 bits per heavy atom. The molecule has 45 valence electrons. The minimum Gasteiger partial charge on any atom is -0.519 e. The Morgan fingerprint density at radius 1 is 1.50 bits per heavy atom. The Kier molecular flexibility index (Phi) is 20.1. The quantitative estimate of drug-likeness (QED) is 0.297. The fraction of sp³-hybridized carbons (Fsp3) is 0.667. The summed E-state index contributed by atoms with van der Waals surface area (Å²) in [5, 5.41) is 1.51. The van der Waals surface area contributed by atoms with E-state index in [-0.39, 0.29) is 29.5 Å². The van der Waals surface area contributed by atoms with E-state index in [9.17, 15) is 4.79 Å². The molecule has 0 aliphatic rings. The molecule has 0 aliphatic heterocycles. The Hall–Kier alpha value is 0.183. The van der Waals surface area contributed by atoms with Crippen molar-refractivity contribution in [2.24, 2.45) is 0 Å². The van der Waals surface area contributed by atoms with E-state index in [2.05, 4.69) is 5.43 Å². The minimum atomic E-state index is 0. The van der Waals surface area contributed by atoms with Gasteiger partial charge in [-0.3, -0.25) is 5.01 Å². The second-order valence-corrected chi connectivity index (χ2v) is 1.11. The number of amides is 1. The topological polar surface area (TPSA) is 32.3 Å². The zero-order valence-electron chi connectivity index (χ0n) is 4.84. The van der Waals surface area contributed by atoms with E-state index < -0.39 is 0 Å². The van der Waals surface area contributed by atoms with E-state index in [1.807, 2.05) is 0 Å². The smallest absolute Gasteiger partial charge is 0.00329 e. The molecule has 3 nitrogen and oxygen atoms in total. The summed E-state index contributed by atoms with van der Waals surface area (Å²) in [5.74, 6) is 0. The number of hydrogen-bond donors (Lipinski definition) is 1. The van der Waals surface area contributed by atoms with Gasteiger partial charge in [0, 0.05) is 43.6 Å². The van der Waals surface area contributed by atoms with Crippen LogP contribution in [0.25, 0.3) is 0 Å². The third-order valence-corrected chi connectivity index (χ3v) is 0.269. The van der Waals surface area contributed by atoms with Crippen molar-refractivity contribution in [3.8, 4) is 0 Å². The van der Waals surface area contributed by atoms with E-state index in [4.69, 9.17) is 0 Å². The summed E-state index contributed by atoms with van der Waals surface area (Å²) in [5.41, 5.74) is 2.24. The summed E-state index contributed by atoms with van der Waals surface area (Å²) < 4.78 is 0. The molecule has 0 saturated heterocycles. The van der Waals surface area contributed by atoms with Crippen molar-refractivity contribution in [1.29, 1.82) is 0 Å². The van der Waals surface area contributed by atoms with E-state index in [0.29, 0.717) is 0 Å². The molecule has 5 heteroatoms. The normalized spacial score (nSPS) is 6.38. The van der Waals surface area contributed by atoms with Crippen molar-refractivity contribution < 1.29 is 25.9 Å². The Bertz CT molecular complexity index is 52.5. The molecule has 0 atom stereocenters. The van der Waals surface area contributed by atoms with Gasteiger partial charge in [0.2, 0.25) is 0 Å². The van der Waals surface area contributed by atoms with Crippen LogP contribution < -0.4 is 5.43 Å². The van der Waals surface area contributed by atoms with Crippen molar-refractivity contribution in [2.45, 2.75) is 0 Å². The third kappa shape index (κ3) is 16.4. The maximum Gasteiger partial charge on any atom is 0.00329 e. The maximum absolute atomic E-state index is 9.34. The zero-order valence-corrected chi connectivity index (χ0v) is 7.77. The molecular weight excluding hydrogens is 275 g/mol. The summed E-state index contributed by atoms with van der Waals surface area (Å²) in [7, 11) is 3.43. The standard InChI is InChI=1S/C3H7N2O.B.W/c1-5(2)4-3-6;;/h1-2H3,(H,4,6);;/q-1;;. The first-order valence-electron chi connectivity index (χ1n) is 1.57. The van der Waals surface area contributed by atoms with Gasteiger partial charge in [0.05, 0.1) is 0 Å². The van der Waals surface area contributed by atoms with E-state index in [1.165, 1.54) is 11.4 Å². The van der Waals surface area contributed by atoms with Gasteiger partial charge in [0.15, 0.2) is 0 Å². The van der Waals surface area contributed by atoms with Crippen molar-refractivity contribution in [1.82, 2.24) is 10.4 Å². The molecule has 0 aromatic rings. The van der Waals surface area contributed by atoms with Crippen molar-refractivity contribution in [3.05, 3.63) is 0 Å². The van der Waals surface area contributed by atoms with Gasteiger partial charge in [-0.2, -0.15) is 0 Å². The first-order chi connectivity index (χ1) is 2.77. The molecule has 0 heterocycles. The van der Waals surface area contributed by atoms with E-state index >= 15 is 0 Å². The SMILES string of the molecule is CN(C)N[C-]=O.[B].[W]. The van der Waals surface area contributed by atoms with Crippen molar-refractivity contribution in [3.63, 3.8) is 0 Å². The van der Waals surface area contributed by atoms with Crippen LogP contribution >= 0.6 is 0 Å². The van der Waals surface area contributed by atoms with Crippen LogP contribution in [0.1, 0.15) is 0 Å². The fourth-order valence-corrected chi connectivity index (χ4v) is 0.0913. The summed E-state index contributed by atoms with van der Waals surface area (Å²) in [6, 6.07) is 0. The average molecular weight is 282 g/mol. The van der Waals surface area contributed by atoms with Gasteiger partial charge in [-0.25, -0.2) is 0 Å². The van der Waals surface area contributed by atoms with Crippen LogP contribution in [0.15, 0.2) is 0 Å². The van der Waals surface area contributed by atoms with Crippen LogP contribution in [-0.4, -0.2) is 33.9 Å². The molecule has 1 amide bonds. The van der Waals surface area contributed by atoms with E-state index in [1.54, 1.807) is 14.1 Å². The molecule has 0 aromatic heterocycles. The Balaban J connectivity index is -0.000000125. The number of hydrogen-bond acceptors (Lipinski definition) is 2. The van der Waals surface area contributed by atoms with Gasteiger partial charge < -0.3 is 10.2 Å². The second-order valence-electron chi connectivity index (χ2n) is 1.11. The number of nitrogens with one attached hydrogen (secondary N) is 1. The molecular formula is C3H7BN2OW-. The minimum absolute atomic E-state index is 0. The average Bonchev–Trinajstić information content (AvgIpc) is 1.35. The third-order valence-electron chi connectivity index (χ3n) is 0.269. The van der Waals surface area contributed by atoms with E-state index in [0.717, 1.165) is 0 Å². The molecule has 0 saturated carbocycles. The molecule has 8 heavy (non-hydrogen) atoms. The van der Waals surface area contributed by atoms with Crippen LogP contribution in [0.4, 0.5) is 0 Å². The predicted octanol–water partition coefficient (Wildman–Crippen LogP) is -1.26. The monoisotopic (exact) mass is 282 g/mol. The summed E-state index contributed by atoms with van der Waals surface area (Å²) in [6.07, 6.45) is 1.49. The number of nitrogens with zero attached hydrogens (tertiary/aromatic N) is 1. The van der Waals surface area contributed by atoms with Gasteiger partial charge in [0.25, 0.3) is 0 Å². The van der Waals surface area contributed by atoms with Crippen LogP contribution in [-0.2, 0) is 25.9 Å². The number of hydrazine groups is 1. The maximum atomic E-state index is 9.34. The molecule has 0 spiro atoms. The molecule has 3 radical (unpaired) electrons. The first kappa shape index (κ1) is 15.7. The van der Waals surface area contributed by atoms with Crippen LogP contribution in [0.2, 0.25) is 0 Å². The predicted molar refractivity (Wildman–Crippen MR) is 28.3 cm³/mol. The largest absolute Gasteiger partial charge is 0.519 e. The number of carbonyl (C=O) groups excluding carboxylic acids is 1. The van der Waals surface area contributed by atoms with Crippen LogP contribution in [0, 0.1) is 0 Å². The zero-order chi connectivity index (χ0) is 4.99. The van der Waals surface area contributed by atoms with Crippen molar-refractivity contribution >= 4 is 14.8 Å². The van der Waals surface area contributed by atoms with Gasteiger partial charge >= 0.3 is 0 Å². The Morgan fingerprint density at radius 3 is 1.88 bits per heavy atom. The molecule has 0 bridgehead atoms. The Labute approximate surface area is 65.6 Å². The van der Waals surface area contributed by atoms with Crippen LogP contribution in [0.5, 0.6) is 0 Å². The molecule has 0 aliphatic carbocycles. The van der Waals surface area contributed by atoms with Gasteiger partial charge in [-0.15, -0.1) is 6.41 Å². The molecule has 0 aromatic carbocycles. The number of rotatable bonds is 2. The molecule has 0 unspecified atom stereocenters. The summed E-state index contributed by atoms with van der Waals surface area (Å²) >= 11 is 0. The fourth-order valence-electron chi connectivity index (χ4n) is 0.0913. The molecule has 1 N–H and O–H groups in total. The van der Waals surface area contributed by atoms with Gasteiger partial charge in [-0.1, -0.05) is 0 Å².